The highest BCUT2D eigenvalue weighted by molar-refractivity contribution is 8.14. The Morgan fingerprint density at radius 3 is 2.64 bits per heavy atom. The number of hydrogen-bond donors (Lipinski definition) is 1. The number of aliphatic imine (C=N–C) groups is 2. The van der Waals surface area contributed by atoms with Crippen LogP contribution >= 0.6 is 23.4 Å². The highest BCUT2D eigenvalue weighted by atomic mass is 35.5. The molecule has 1 aliphatic heterocycles. The molecule has 2 N–H and O–H groups in total. The Hall–Kier alpha value is -2.61. The summed E-state index contributed by atoms with van der Waals surface area (Å²) >= 11 is 7.79. The number of nitrogens with two attached hydrogens (primary N) is 1. The average Bonchev–Trinajstić information content (AvgIpc) is 3.02. The normalized spacial score (nSPS) is 23.5. The number of thioether (sulfide) groups is 1. The molecule has 36 heavy (non-hydrogen) atoms. The predicted octanol–water partition coefficient (Wildman–Crippen LogP) is 7.06. The van der Waals surface area contributed by atoms with Gasteiger partial charge in [-0.3, -0.25) is 0 Å². The summed E-state index contributed by atoms with van der Waals surface area (Å²) in [6, 6.07) is 16.6. The second-order valence-corrected chi connectivity index (χ2v) is 11.2. The average molecular weight is 519 g/mol. The van der Waals surface area contributed by atoms with Crippen LogP contribution in [0, 0.1) is 5.92 Å². The lowest BCUT2D eigenvalue weighted by Crippen LogP contribution is -2.26. The van der Waals surface area contributed by atoms with Crippen molar-refractivity contribution in [1.82, 2.24) is 15.0 Å². The van der Waals surface area contributed by atoms with Crippen LogP contribution in [0.15, 0.2) is 63.5 Å². The molecule has 0 bridgehead atoms. The van der Waals surface area contributed by atoms with Crippen LogP contribution in [0.5, 0.6) is 0 Å². The Morgan fingerprint density at radius 2 is 1.83 bits per heavy atom. The number of fused-ring (bicyclic) bond motifs is 1. The quantitative estimate of drug-likeness (QED) is 0.288. The minimum absolute atomic E-state index is 0.317. The van der Waals surface area contributed by atoms with E-state index in [-0.39, 0.29) is 0 Å². The largest absolute Gasteiger partial charge is 0.328 e. The molecule has 0 spiro atoms. The summed E-state index contributed by atoms with van der Waals surface area (Å²) in [5.41, 5.74) is 9.38. The van der Waals surface area contributed by atoms with Gasteiger partial charge in [-0.25, -0.2) is 20.0 Å². The van der Waals surface area contributed by atoms with Crippen molar-refractivity contribution in [2.45, 2.75) is 68.9 Å². The standard InChI is InChI=1S/C28H31ClN6S/c1-18-7-14-26(36-27-23(18)12-13-24(29)33-27)34-25-16-22(15-19-5-3-2-4-6-19)32-28(35-25)31-17-20-8-10-21(30)11-9-20/h2-6,12-13,16-18,20-21H,7-11,14-15,30H2,1H3. The molecule has 5 rings (SSSR count). The van der Waals surface area contributed by atoms with Gasteiger partial charge in [0.2, 0.25) is 0 Å². The summed E-state index contributed by atoms with van der Waals surface area (Å²) in [4.78, 5) is 23.7. The summed E-state index contributed by atoms with van der Waals surface area (Å²) in [5.74, 6) is 1.92. The number of hydrogen-bond acceptors (Lipinski definition) is 7. The van der Waals surface area contributed by atoms with Gasteiger partial charge >= 0.3 is 0 Å². The molecule has 1 atom stereocenters. The van der Waals surface area contributed by atoms with E-state index in [2.05, 4.69) is 30.1 Å². The number of rotatable bonds is 5. The fourth-order valence-corrected chi connectivity index (χ4v) is 6.01. The Bertz CT molecular complexity index is 1250. The first kappa shape index (κ1) is 25.1. The van der Waals surface area contributed by atoms with Crippen LogP contribution in [-0.4, -0.2) is 32.3 Å². The molecule has 1 aliphatic carbocycles. The third kappa shape index (κ3) is 6.58. The molecule has 6 nitrogen and oxygen atoms in total. The van der Waals surface area contributed by atoms with Gasteiger partial charge in [-0.1, -0.05) is 66.7 Å². The first-order valence-corrected chi connectivity index (χ1v) is 13.8. The molecule has 0 radical (unpaired) electrons. The Morgan fingerprint density at radius 1 is 1.03 bits per heavy atom. The fourth-order valence-electron chi connectivity index (χ4n) is 4.70. The van der Waals surface area contributed by atoms with Gasteiger partial charge in [0.15, 0.2) is 5.82 Å². The van der Waals surface area contributed by atoms with Crippen molar-refractivity contribution in [3.8, 4) is 0 Å². The van der Waals surface area contributed by atoms with Crippen molar-refractivity contribution < 1.29 is 0 Å². The SMILES string of the molecule is CC1CCC(=Nc2cc(Cc3ccccc3)nc(N=CC3CCC(N)CC3)n2)Sc2nc(Cl)ccc21. The monoisotopic (exact) mass is 518 g/mol. The van der Waals surface area contributed by atoms with Crippen molar-refractivity contribution in [2.24, 2.45) is 21.6 Å². The fraction of sp³-hybridized carbons (Fsp3) is 0.393. The topological polar surface area (TPSA) is 89.4 Å². The van der Waals surface area contributed by atoms with Gasteiger partial charge in [-0.15, -0.1) is 0 Å². The number of halogens is 1. The van der Waals surface area contributed by atoms with E-state index in [1.807, 2.05) is 36.5 Å². The number of pyridine rings is 1. The van der Waals surface area contributed by atoms with Crippen molar-refractivity contribution in [1.29, 1.82) is 0 Å². The number of aromatic nitrogens is 3. The zero-order valence-electron chi connectivity index (χ0n) is 20.5. The van der Waals surface area contributed by atoms with Crippen LogP contribution in [-0.2, 0) is 6.42 Å². The maximum atomic E-state index is 6.20. The molecule has 1 fully saturated rings. The molecule has 186 valence electrons. The van der Waals surface area contributed by atoms with E-state index >= 15 is 0 Å². The van der Waals surface area contributed by atoms with Crippen LogP contribution in [0.2, 0.25) is 5.15 Å². The van der Waals surface area contributed by atoms with E-state index in [1.54, 1.807) is 11.8 Å². The molecule has 3 heterocycles. The summed E-state index contributed by atoms with van der Waals surface area (Å²) in [7, 11) is 0. The van der Waals surface area contributed by atoms with Crippen molar-refractivity contribution in [2.75, 3.05) is 0 Å². The van der Waals surface area contributed by atoms with Crippen LogP contribution in [0.3, 0.4) is 0 Å². The van der Waals surface area contributed by atoms with E-state index in [4.69, 9.17) is 37.3 Å². The van der Waals surface area contributed by atoms with E-state index in [1.165, 1.54) is 11.1 Å². The van der Waals surface area contributed by atoms with E-state index in [0.29, 0.717) is 41.2 Å². The van der Waals surface area contributed by atoms with Gasteiger partial charge < -0.3 is 5.73 Å². The summed E-state index contributed by atoms with van der Waals surface area (Å²) in [5, 5.41) is 2.41. The molecule has 1 unspecified atom stereocenters. The third-order valence-electron chi connectivity index (χ3n) is 6.83. The molecule has 8 heteroatoms. The van der Waals surface area contributed by atoms with Gasteiger partial charge in [0.25, 0.3) is 5.95 Å². The molecule has 1 saturated carbocycles. The highest BCUT2D eigenvalue weighted by Crippen LogP contribution is 2.37. The van der Waals surface area contributed by atoms with E-state index in [0.717, 1.165) is 54.3 Å². The van der Waals surface area contributed by atoms with Crippen molar-refractivity contribution in [3.05, 3.63) is 70.5 Å². The molecule has 1 aromatic carbocycles. The predicted molar refractivity (Wildman–Crippen MR) is 149 cm³/mol. The molecule has 0 saturated heterocycles. The Labute approximate surface area is 221 Å². The van der Waals surface area contributed by atoms with Gasteiger partial charge in [-0.05, 0) is 67.6 Å². The lowest BCUT2D eigenvalue weighted by molar-refractivity contribution is 0.396. The molecule has 2 aliphatic rings. The third-order valence-corrected chi connectivity index (χ3v) is 8.09. The summed E-state index contributed by atoms with van der Waals surface area (Å²) < 4.78 is 0. The lowest BCUT2D eigenvalue weighted by Gasteiger charge is -2.22. The Kier molecular flexibility index (Phi) is 8.09. The first-order chi connectivity index (χ1) is 17.5. The Balaban J connectivity index is 1.44. The number of nitrogens with zero attached hydrogens (tertiary/aromatic N) is 5. The van der Waals surface area contributed by atoms with Crippen LogP contribution in [0.1, 0.15) is 68.2 Å². The van der Waals surface area contributed by atoms with E-state index in [9.17, 15) is 0 Å². The maximum absolute atomic E-state index is 6.20. The van der Waals surface area contributed by atoms with Crippen LogP contribution in [0.25, 0.3) is 0 Å². The minimum Gasteiger partial charge on any atom is -0.328 e. The van der Waals surface area contributed by atoms with Crippen molar-refractivity contribution in [3.63, 3.8) is 0 Å². The number of benzene rings is 1. The van der Waals surface area contributed by atoms with Gasteiger partial charge in [0.1, 0.15) is 10.2 Å². The van der Waals surface area contributed by atoms with Gasteiger partial charge in [0, 0.05) is 24.7 Å². The zero-order valence-corrected chi connectivity index (χ0v) is 22.1. The molecular formula is C28H31ClN6S. The molecular weight excluding hydrogens is 488 g/mol. The lowest BCUT2D eigenvalue weighted by atomic mass is 9.87. The summed E-state index contributed by atoms with van der Waals surface area (Å²) in [6.07, 6.45) is 8.78. The second kappa shape index (κ2) is 11.6. The molecule has 3 aromatic rings. The molecule has 2 aromatic heterocycles. The van der Waals surface area contributed by atoms with Crippen LogP contribution < -0.4 is 5.73 Å². The van der Waals surface area contributed by atoms with Crippen molar-refractivity contribution >= 4 is 46.4 Å². The van der Waals surface area contributed by atoms with Crippen LogP contribution in [0.4, 0.5) is 11.8 Å². The van der Waals surface area contributed by atoms with Gasteiger partial charge in [-0.2, -0.15) is 4.98 Å². The highest BCUT2D eigenvalue weighted by Gasteiger charge is 2.21. The smallest absolute Gasteiger partial charge is 0.251 e. The maximum Gasteiger partial charge on any atom is 0.251 e. The first-order valence-electron chi connectivity index (χ1n) is 12.7. The molecule has 0 amide bonds. The van der Waals surface area contributed by atoms with E-state index < -0.39 is 0 Å². The zero-order chi connectivity index (χ0) is 24.9. The second-order valence-electron chi connectivity index (χ2n) is 9.71. The van der Waals surface area contributed by atoms with Gasteiger partial charge in [0.05, 0.1) is 10.7 Å². The minimum atomic E-state index is 0.317. The summed E-state index contributed by atoms with van der Waals surface area (Å²) in [6.45, 7) is 2.23.